The number of hydrogen-bond acceptors (Lipinski definition) is 5. The number of ketones is 1. The van der Waals surface area contributed by atoms with Gasteiger partial charge in [0.25, 0.3) is 0 Å². The molecule has 132 valence electrons. The van der Waals surface area contributed by atoms with E-state index in [-0.39, 0.29) is 24.8 Å². The molecule has 1 fully saturated rings. The van der Waals surface area contributed by atoms with E-state index in [1.807, 2.05) is 24.3 Å². The summed E-state index contributed by atoms with van der Waals surface area (Å²) in [6, 6.07) is 7.65. The van der Waals surface area contributed by atoms with Gasteiger partial charge in [0.15, 0.2) is 5.78 Å². The zero-order chi connectivity index (χ0) is 18.2. The highest BCUT2D eigenvalue weighted by Gasteiger charge is 2.49. The summed E-state index contributed by atoms with van der Waals surface area (Å²) in [5, 5.41) is 0. The SMILES string of the molecule is O=C1CC2(CCc3ccccc3C2=O)CO1.O=S(=O)(O)C(F)(F)F. The van der Waals surface area contributed by atoms with Crippen LogP contribution in [0.3, 0.4) is 0 Å². The summed E-state index contributed by atoms with van der Waals surface area (Å²) in [6.07, 6.45) is 1.84. The monoisotopic (exact) mass is 366 g/mol. The minimum absolute atomic E-state index is 0.0835. The molecule has 0 aromatic heterocycles. The van der Waals surface area contributed by atoms with Crippen LogP contribution in [-0.2, 0) is 26.1 Å². The van der Waals surface area contributed by atoms with Crippen molar-refractivity contribution in [1.82, 2.24) is 0 Å². The minimum atomic E-state index is -5.84. The van der Waals surface area contributed by atoms with E-state index < -0.39 is 21.0 Å². The van der Waals surface area contributed by atoms with Gasteiger partial charge in [-0.2, -0.15) is 21.6 Å². The maximum atomic E-state index is 12.4. The van der Waals surface area contributed by atoms with Crippen molar-refractivity contribution < 1.29 is 40.5 Å². The Morgan fingerprint density at radius 2 is 1.75 bits per heavy atom. The van der Waals surface area contributed by atoms with Crippen LogP contribution in [0.1, 0.15) is 28.8 Å². The predicted molar refractivity (Wildman–Crippen MR) is 74.7 cm³/mol. The molecule has 1 spiro atoms. The quantitative estimate of drug-likeness (QED) is 0.429. The minimum Gasteiger partial charge on any atom is -0.465 e. The van der Waals surface area contributed by atoms with E-state index in [2.05, 4.69) is 0 Å². The van der Waals surface area contributed by atoms with Crippen molar-refractivity contribution in [1.29, 1.82) is 0 Å². The Bertz CT molecular complexity index is 771. The molecule has 1 aliphatic heterocycles. The number of hydrogen-bond donors (Lipinski definition) is 1. The van der Waals surface area contributed by atoms with Crippen LogP contribution in [-0.4, -0.2) is 36.8 Å². The number of esters is 1. The van der Waals surface area contributed by atoms with Crippen molar-refractivity contribution >= 4 is 21.9 Å². The highest BCUT2D eigenvalue weighted by Crippen LogP contribution is 2.41. The van der Waals surface area contributed by atoms with Crippen molar-refractivity contribution in [3.63, 3.8) is 0 Å². The lowest BCUT2D eigenvalue weighted by molar-refractivity contribution is -0.137. The fourth-order valence-corrected chi connectivity index (χ4v) is 2.64. The molecule has 1 heterocycles. The molecule has 3 rings (SSSR count). The van der Waals surface area contributed by atoms with Crippen LogP contribution in [0.4, 0.5) is 13.2 Å². The first-order valence-corrected chi connectivity index (χ1v) is 8.22. The average molecular weight is 366 g/mol. The molecule has 0 bridgehead atoms. The first-order chi connectivity index (χ1) is 11.0. The van der Waals surface area contributed by atoms with Crippen LogP contribution < -0.4 is 0 Å². The summed E-state index contributed by atoms with van der Waals surface area (Å²) in [7, 11) is -5.84. The molecule has 10 heteroatoms. The molecule has 1 aliphatic carbocycles. The number of cyclic esters (lactones) is 1. The Hall–Kier alpha value is -1.94. The van der Waals surface area contributed by atoms with Crippen molar-refractivity contribution in [2.24, 2.45) is 5.41 Å². The highest BCUT2D eigenvalue weighted by molar-refractivity contribution is 7.86. The molecule has 2 aliphatic rings. The summed E-state index contributed by atoms with van der Waals surface area (Å²) in [4.78, 5) is 23.6. The molecular weight excluding hydrogens is 353 g/mol. The molecule has 0 radical (unpaired) electrons. The molecule has 0 saturated carbocycles. The Morgan fingerprint density at radius 1 is 1.17 bits per heavy atom. The van der Waals surface area contributed by atoms with Gasteiger partial charge in [0.2, 0.25) is 0 Å². The topological polar surface area (TPSA) is 97.7 Å². The Balaban J connectivity index is 0.000000224. The standard InChI is InChI=1S/C13H12O3.CHF3O3S/c14-11-7-13(8-16-11)6-5-9-3-1-2-4-10(9)12(13)15;2-1(3,4)8(5,6)7/h1-4H,5-8H2;(H,5,6,7). The zero-order valence-corrected chi connectivity index (χ0v) is 13.0. The number of alkyl halides is 3. The second kappa shape index (κ2) is 6.17. The van der Waals surface area contributed by atoms with E-state index >= 15 is 0 Å². The summed E-state index contributed by atoms with van der Waals surface area (Å²) < 4.78 is 62.5. The van der Waals surface area contributed by atoms with Gasteiger partial charge in [-0.05, 0) is 18.4 Å². The third-order valence-electron chi connectivity index (χ3n) is 3.90. The van der Waals surface area contributed by atoms with Crippen LogP contribution in [0.2, 0.25) is 0 Å². The molecule has 1 saturated heterocycles. The molecule has 1 aromatic carbocycles. The lowest BCUT2D eigenvalue weighted by atomic mass is 9.70. The van der Waals surface area contributed by atoms with Gasteiger partial charge in [-0.15, -0.1) is 0 Å². The second-order valence-electron chi connectivity index (χ2n) is 5.52. The van der Waals surface area contributed by atoms with E-state index in [0.717, 1.165) is 24.0 Å². The molecule has 1 unspecified atom stereocenters. The number of carbonyl (C=O) groups is 2. The number of Topliss-reactive ketones (excluding diaryl/α,β-unsaturated/α-hetero) is 1. The molecule has 1 atom stereocenters. The van der Waals surface area contributed by atoms with Gasteiger partial charge in [-0.1, -0.05) is 24.3 Å². The van der Waals surface area contributed by atoms with Crippen molar-refractivity contribution in [2.75, 3.05) is 6.61 Å². The fourth-order valence-electron chi connectivity index (χ4n) is 2.64. The van der Waals surface area contributed by atoms with Crippen molar-refractivity contribution in [2.45, 2.75) is 24.8 Å². The van der Waals surface area contributed by atoms with Crippen molar-refractivity contribution in [3.8, 4) is 0 Å². The van der Waals surface area contributed by atoms with E-state index in [0.29, 0.717) is 0 Å². The Kier molecular flexibility index (Phi) is 4.73. The molecular formula is C14H13F3O6S. The third-order valence-corrected chi connectivity index (χ3v) is 4.49. The van der Waals surface area contributed by atoms with E-state index in [4.69, 9.17) is 17.7 Å². The van der Waals surface area contributed by atoms with Crippen molar-refractivity contribution in [3.05, 3.63) is 35.4 Å². The first kappa shape index (κ1) is 18.4. The largest absolute Gasteiger partial charge is 0.522 e. The van der Waals surface area contributed by atoms with Crippen LogP contribution >= 0.6 is 0 Å². The Morgan fingerprint density at radius 3 is 2.25 bits per heavy atom. The maximum Gasteiger partial charge on any atom is 0.522 e. The predicted octanol–water partition coefficient (Wildman–Crippen LogP) is 2.14. The van der Waals surface area contributed by atoms with Crippen LogP contribution in [0, 0.1) is 5.41 Å². The molecule has 24 heavy (non-hydrogen) atoms. The van der Waals surface area contributed by atoms with E-state index in [9.17, 15) is 22.8 Å². The number of carbonyl (C=O) groups excluding carboxylic acids is 2. The van der Waals surface area contributed by atoms with Gasteiger partial charge < -0.3 is 4.74 Å². The molecule has 6 nitrogen and oxygen atoms in total. The van der Waals surface area contributed by atoms with E-state index in [1.54, 1.807) is 0 Å². The summed E-state index contributed by atoms with van der Waals surface area (Å²) in [6.45, 7) is 0.263. The summed E-state index contributed by atoms with van der Waals surface area (Å²) in [5.41, 5.74) is -4.23. The van der Waals surface area contributed by atoms with Crippen LogP contribution in [0.25, 0.3) is 0 Å². The smallest absolute Gasteiger partial charge is 0.465 e. The Labute approximate surface area is 135 Å². The molecule has 1 N–H and O–H groups in total. The fraction of sp³-hybridized carbons (Fsp3) is 0.429. The lowest BCUT2D eigenvalue weighted by Crippen LogP contribution is -2.36. The number of rotatable bonds is 0. The summed E-state index contributed by atoms with van der Waals surface area (Å²) >= 11 is 0. The molecule has 0 amide bonds. The maximum absolute atomic E-state index is 12.4. The van der Waals surface area contributed by atoms with Crippen LogP contribution in [0.15, 0.2) is 24.3 Å². The number of fused-ring (bicyclic) bond motifs is 1. The number of ether oxygens (including phenoxy) is 1. The van der Waals surface area contributed by atoms with Gasteiger partial charge in [-0.25, -0.2) is 0 Å². The number of aryl methyl sites for hydroxylation is 1. The third kappa shape index (κ3) is 3.59. The van der Waals surface area contributed by atoms with Gasteiger partial charge in [-0.3, -0.25) is 14.1 Å². The highest BCUT2D eigenvalue weighted by atomic mass is 32.2. The van der Waals surface area contributed by atoms with Crippen LogP contribution in [0.5, 0.6) is 0 Å². The zero-order valence-electron chi connectivity index (χ0n) is 12.2. The van der Waals surface area contributed by atoms with Gasteiger partial charge in [0.1, 0.15) is 6.61 Å². The molecule has 1 aromatic rings. The summed E-state index contributed by atoms with van der Waals surface area (Å²) in [5.74, 6) is -0.159. The van der Waals surface area contributed by atoms with Gasteiger partial charge in [0, 0.05) is 5.56 Å². The normalized spacial score (nSPS) is 23.3. The van der Waals surface area contributed by atoms with Gasteiger partial charge >= 0.3 is 21.6 Å². The van der Waals surface area contributed by atoms with E-state index in [1.165, 1.54) is 0 Å². The van der Waals surface area contributed by atoms with Gasteiger partial charge in [0.05, 0.1) is 11.8 Å². The lowest BCUT2D eigenvalue weighted by Gasteiger charge is -2.30. The first-order valence-electron chi connectivity index (χ1n) is 6.78. The average Bonchev–Trinajstić information content (AvgIpc) is 2.85. The number of halogens is 3. The number of benzene rings is 1. The second-order valence-corrected chi connectivity index (χ2v) is 6.94.